The van der Waals surface area contributed by atoms with Gasteiger partial charge in [-0.2, -0.15) is 0 Å². The highest BCUT2D eigenvalue weighted by atomic mass is 16.5. The predicted octanol–water partition coefficient (Wildman–Crippen LogP) is 3.39. The molecule has 1 fully saturated rings. The summed E-state index contributed by atoms with van der Waals surface area (Å²) in [6.07, 6.45) is 4.41. The first-order chi connectivity index (χ1) is 9.14. The molecule has 2 atom stereocenters. The van der Waals surface area contributed by atoms with Crippen LogP contribution in [0.25, 0.3) is 5.57 Å². The monoisotopic (exact) mass is 254 g/mol. The average Bonchev–Trinajstić information content (AvgIpc) is 2.95. The van der Waals surface area contributed by atoms with E-state index in [2.05, 4.69) is 12.1 Å². The van der Waals surface area contributed by atoms with Gasteiger partial charge in [0.05, 0.1) is 7.11 Å². The Morgan fingerprint density at radius 3 is 3.00 bits per heavy atom. The molecule has 2 bridgehead atoms. The van der Waals surface area contributed by atoms with Crippen LogP contribution in [0.3, 0.4) is 0 Å². The number of carbonyl (C=O) groups excluding carboxylic acids is 1. The molecule has 0 N–H and O–H groups in total. The van der Waals surface area contributed by atoms with Crippen LogP contribution in [0.5, 0.6) is 5.75 Å². The predicted molar refractivity (Wildman–Crippen MR) is 74.1 cm³/mol. The highest BCUT2D eigenvalue weighted by molar-refractivity contribution is 6.08. The standard InChI is InChI=1S/C17H18O2/c1-10-15-14-4-3-13(19-2)7-12(14)9-17(15)6-5-11(8-17)16(10)18/h3-4,7,11H,5-6,8-9H2,1-2H3/t11-,17+/m0/s1. The van der Waals surface area contributed by atoms with Gasteiger partial charge in [0.2, 0.25) is 0 Å². The van der Waals surface area contributed by atoms with Gasteiger partial charge in [-0.3, -0.25) is 4.79 Å². The van der Waals surface area contributed by atoms with Crippen molar-refractivity contribution in [3.8, 4) is 5.75 Å². The Hall–Kier alpha value is -1.57. The fourth-order valence-electron chi connectivity index (χ4n) is 4.59. The van der Waals surface area contributed by atoms with E-state index in [1.807, 2.05) is 13.0 Å². The fraction of sp³-hybridized carbons (Fsp3) is 0.471. The van der Waals surface area contributed by atoms with Crippen molar-refractivity contribution in [2.45, 2.75) is 32.6 Å². The fourth-order valence-corrected chi connectivity index (χ4v) is 4.59. The normalized spacial score (nSPS) is 31.5. The lowest BCUT2D eigenvalue weighted by Crippen LogP contribution is -2.26. The first-order valence-corrected chi connectivity index (χ1v) is 7.07. The minimum absolute atomic E-state index is 0.261. The van der Waals surface area contributed by atoms with Gasteiger partial charge in [-0.25, -0.2) is 0 Å². The summed E-state index contributed by atoms with van der Waals surface area (Å²) < 4.78 is 5.33. The Morgan fingerprint density at radius 1 is 1.37 bits per heavy atom. The van der Waals surface area contributed by atoms with E-state index in [0.717, 1.165) is 30.6 Å². The molecule has 19 heavy (non-hydrogen) atoms. The molecular weight excluding hydrogens is 236 g/mol. The summed E-state index contributed by atoms with van der Waals surface area (Å²) in [5, 5.41) is 0. The van der Waals surface area contributed by atoms with Gasteiger partial charge in [0.25, 0.3) is 0 Å². The Balaban J connectivity index is 1.95. The molecule has 2 nitrogen and oxygen atoms in total. The van der Waals surface area contributed by atoms with E-state index in [0.29, 0.717) is 11.7 Å². The van der Waals surface area contributed by atoms with Gasteiger partial charge in [-0.05, 0) is 67.0 Å². The minimum atomic E-state index is 0.261. The number of ether oxygens (including phenoxy) is 1. The third kappa shape index (κ3) is 1.29. The Bertz CT molecular complexity index is 626. The Morgan fingerprint density at radius 2 is 2.21 bits per heavy atom. The van der Waals surface area contributed by atoms with E-state index >= 15 is 0 Å². The van der Waals surface area contributed by atoms with Crippen LogP contribution in [0.15, 0.2) is 23.8 Å². The lowest BCUT2D eigenvalue weighted by molar-refractivity contribution is -0.119. The quantitative estimate of drug-likeness (QED) is 0.768. The van der Waals surface area contributed by atoms with Crippen molar-refractivity contribution < 1.29 is 9.53 Å². The van der Waals surface area contributed by atoms with Crippen molar-refractivity contribution in [2.24, 2.45) is 11.3 Å². The largest absolute Gasteiger partial charge is 0.497 e. The maximum Gasteiger partial charge on any atom is 0.161 e. The molecule has 0 saturated heterocycles. The van der Waals surface area contributed by atoms with Crippen LogP contribution in [-0.2, 0) is 11.2 Å². The van der Waals surface area contributed by atoms with E-state index in [-0.39, 0.29) is 5.41 Å². The number of benzene rings is 1. The molecule has 2 heteroatoms. The number of rotatable bonds is 1. The highest BCUT2D eigenvalue weighted by Gasteiger charge is 2.53. The second-order valence-corrected chi connectivity index (χ2v) is 6.28. The molecule has 1 saturated carbocycles. The summed E-state index contributed by atoms with van der Waals surface area (Å²) in [5.41, 5.74) is 5.30. The van der Waals surface area contributed by atoms with Crippen LogP contribution >= 0.6 is 0 Å². The van der Waals surface area contributed by atoms with E-state index in [1.54, 1.807) is 7.11 Å². The third-order valence-electron chi connectivity index (χ3n) is 5.36. The SMILES string of the molecule is COc1ccc2c(c1)C[C@@]13CC[C@@H](C1)C(=O)C(C)=C23. The second-order valence-electron chi connectivity index (χ2n) is 6.28. The first kappa shape index (κ1) is 11.3. The summed E-state index contributed by atoms with van der Waals surface area (Å²) in [6.45, 7) is 2.03. The summed E-state index contributed by atoms with van der Waals surface area (Å²) in [5.74, 6) is 1.61. The van der Waals surface area contributed by atoms with Crippen LogP contribution in [0.1, 0.15) is 37.3 Å². The number of hydrogen-bond acceptors (Lipinski definition) is 2. The number of carbonyl (C=O) groups is 1. The molecule has 1 spiro atoms. The number of allylic oxidation sites excluding steroid dienone is 2. The zero-order chi connectivity index (χ0) is 13.2. The molecule has 0 radical (unpaired) electrons. The molecular formula is C17H18O2. The van der Waals surface area contributed by atoms with Crippen molar-refractivity contribution in [3.05, 3.63) is 34.9 Å². The van der Waals surface area contributed by atoms with Gasteiger partial charge in [0, 0.05) is 11.3 Å². The number of methoxy groups -OCH3 is 1. The molecule has 3 aliphatic rings. The van der Waals surface area contributed by atoms with Crippen LogP contribution in [0.2, 0.25) is 0 Å². The number of fused-ring (bicyclic) bond motifs is 3. The van der Waals surface area contributed by atoms with E-state index < -0.39 is 0 Å². The van der Waals surface area contributed by atoms with Gasteiger partial charge < -0.3 is 4.74 Å². The molecule has 0 unspecified atom stereocenters. The molecule has 0 aliphatic heterocycles. The number of hydrogen-bond donors (Lipinski definition) is 0. The third-order valence-corrected chi connectivity index (χ3v) is 5.36. The molecule has 0 aromatic heterocycles. The molecule has 0 heterocycles. The molecule has 1 aromatic rings. The van der Waals surface area contributed by atoms with Gasteiger partial charge in [0.1, 0.15) is 5.75 Å². The van der Waals surface area contributed by atoms with Gasteiger partial charge in [0.15, 0.2) is 5.78 Å². The van der Waals surface area contributed by atoms with Crippen LogP contribution < -0.4 is 4.74 Å². The van der Waals surface area contributed by atoms with E-state index in [4.69, 9.17) is 4.74 Å². The average molecular weight is 254 g/mol. The maximum atomic E-state index is 12.4. The molecule has 1 aromatic carbocycles. The van der Waals surface area contributed by atoms with E-state index in [1.165, 1.54) is 23.1 Å². The van der Waals surface area contributed by atoms with E-state index in [9.17, 15) is 4.79 Å². The van der Waals surface area contributed by atoms with Gasteiger partial charge >= 0.3 is 0 Å². The first-order valence-electron chi connectivity index (χ1n) is 7.07. The van der Waals surface area contributed by atoms with Crippen molar-refractivity contribution >= 4 is 11.4 Å². The van der Waals surface area contributed by atoms with Crippen molar-refractivity contribution in [1.82, 2.24) is 0 Å². The Kier molecular flexibility index (Phi) is 2.08. The second kappa shape index (κ2) is 3.50. The topological polar surface area (TPSA) is 26.3 Å². The Labute approximate surface area is 113 Å². The maximum absolute atomic E-state index is 12.4. The summed E-state index contributed by atoms with van der Waals surface area (Å²) in [7, 11) is 1.71. The number of ketones is 1. The van der Waals surface area contributed by atoms with Gasteiger partial charge in [-0.15, -0.1) is 0 Å². The molecule has 4 rings (SSSR count). The lowest BCUT2D eigenvalue weighted by atomic mass is 9.71. The minimum Gasteiger partial charge on any atom is -0.497 e. The summed E-state index contributed by atoms with van der Waals surface area (Å²) in [6, 6.07) is 6.32. The van der Waals surface area contributed by atoms with Crippen LogP contribution in [-0.4, -0.2) is 12.9 Å². The lowest BCUT2D eigenvalue weighted by Gasteiger charge is -2.31. The van der Waals surface area contributed by atoms with Crippen molar-refractivity contribution in [3.63, 3.8) is 0 Å². The molecule has 0 amide bonds. The van der Waals surface area contributed by atoms with Crippen LogP contribution in [0, 0.1) is 11.3 Å². The number of Topliss-reactive ketones (excluding diaryl/α,β-unsaturated/α-hetero) is 1. The molecule has 98 valence electrons. The van der Waals surface area contributed by atoms with Crippen molar-refractivity contribution in [2.75, 3.05) is 7.11 Å². The smallest absolute Gasteiger partial charge is 0.161 e. The van der Waals surface area contributed by atoms with Crippen LogP contribution in [0.4, 0.5) is 0 Å². The highest BCUT2D eigenvalue weighted by Crippen LogP contribution is 2.62. The van der Waals surface area contributed by atoms with Crippen molar-refractivity contribution in [1.29, 1.82) is 0 Å². The van der Waals surface area contributed by atoms with Gasteiger partial charge in [-0.1, -0.05) is 6.07 Å². The zero-order valence-electron chi connectivity index (χ0n) is 11.5. The summed E-state index contributed by atoms with van der Waals surface area (Å²) >= 11 is 0. The zero-order valence-corrected chi connectivity index (χ0v) is 11.5. The molecule has 3 aliphatic carbocycles. The summed E-state index contributed by atoms with van der Waals surface area (Å²) in [4.78, 5) is 12.4.